The van der Waals surface area contributed by atoms with Crippen molar-refractivity contribution in [2.24, 2.45) is 0 Å². The van der Waals surface area contributed by atoms with Gasteiger partial charge in [0.25, 0.3) is 11.8 Å². The lowest BCUT2D eigenvalue weighted by atomic mass is 10.0. The predicted octanol–water partition coefficient (Wildman–Crippen LogP) is 7.91. The van der Waals surface area contributed by atoms with Gasteiger partial charge >= 0.3 is 12.4 Å². The van der Waals surface area contributed by atoms with Crippen molar-refractivity contribution in [2.75, 3.05) is 28.6 Å². The predicted molar refractivity (Wildman–Crippen MR) is 241 cm³/mol. The van der Waals surface area contributed by atoms with Crippen molar-refractivity contribution in [1.82, 2.24) is 29.5 Å². The summed E-state index contributed by atoms with van der Waals surface area (Å²) < 4.78 is 95.3. The molecule has 4 aromatic heterocycles. The summed E-state index contributed by atoms with van der Waals surface area (Å²) in [6.07, 6.45) is -3.18. The molecule has 2 atom stereocenters. The number of fused-ring (bicyclic) bond motifs is 2. The first-order valence-corrected chi connectivity index (χ1v) is 19.4. The molecular formula is C45H40F7N9O3S2. The van der Waals surface area contributed by atoms with Gasteiger partial charge in [-0.15, -0.1) is 0 Å². The minimum Gasteiger partial charge on any atom is -0.392 e. The topological polar surface area (TPSA) is 148 Å². The number of aromatic nitrogens is 6. The number of nitrogens with zero attached hydrogens (tertiary/aromatic N) is 8. The molecule has 2 aromatic carbocycles. The molecule has 3 N–H and O–H groups in total. The van der Waals surface area contributed by atoms with Gasteiger partial charge in [-0.1, -0.05) is 23.7 Å². The number of nitrogen functional groups attached to an aromatic ring is 1. The zero-order valence-electron chi connectivity index (χ0n) is 35.1. The smallest absolute Gasteiger partial charge is 0.392 e. The largest absolute Gasteiger partial charge is 0.416 e. The number of anilines is 3. The van der Waals surface area contributed by atoms with E-state index in [4.69, 9.17) is 5.73 Å². The highest BCUT2D eigenvalue weighted by Gasteiger charge is 2.38. The second-order valence-electron chi connectivity index (χ2n) is 14.9. The van der Waals surface area contributed by atoms with Gasteiger partial charge in [0.15, 0.2) is 0 Å². The van der Waals surface area contributed by atoms with Crippen LogP contribution in [0.1, 0.15) is 97.1 Å². The Morgan fingerprint density at radius 2 is 1.12 bits per heavy atom. The first kappa shape index (κ1) is 50.2. The molecule has 0 radical (unpaired) electrons. The van der Waals surface area contributed by atoms with Crippen LogP contribution in [0.5, 0.6) is 0 Å². The molecule has 0 saturated heterocycles. The van der Waals surface area contributed by atoms with Crippen molar-refractivity contribution in [3.63, 3.8) is 0 Å². The van der Waals surface area contributed by atoms with Gasteiger partial charge in [0.1, 0.15) is 23.9 Å². The Balaban J connectivity index is 0.000000240. The van der Waals surface area contributed by atoms with Gasteiger partial charge in [-0.05, 0) is 92.6 Å². The van der Waals surface area contributed by atoms with Crippen LogP contribution in [-0.4, -0.2) is 59.5 Å². The van der Waals surface area contributed by atoms with Gasteiger partial charge in [-0.3, -0.25) is 23.9 Å². The number of carbonyl (C=O) groups excluding carboxylic acids is 2. The third-order valence-electron chi connectivity index (χ3n) is 10.3. The van der Waals surface area contributed by atoms with Crippen molar-refractivity contribution in [3.8, 4) is 23.7 Å². The lowest BCUT2D eigenvalue weighted by Gasteiger charge is -2.32. The highest BCUT2D eigenvalue weighted by atomic mass is 32.1. The number of alkyl halides is 7. The lowest BCUT2D eigenvalue weighted by molar-refractivity contribution is -0.139. The average Bonchev–Trinajstić information content (AvgIpc) is 3.91. The van der Waals surface area contributed by atoms with Gasteiger partial charge in [0.05, 0.1) is 53.3 Å². The Morgan fingerprint density at radius 3 is 1.53 bits per heavy atom. The van der Waals surface area contributed by atoms with E-state index in [0.717, 1.165) is 23.9 Å². The Morgan fingerprint density at radius 1 is 0.667 bits per heavy atom. The van der Waals surface area contributed by atoms with E-state index in [1.165, 1.54) is 46.6 Å². The highest BCUT2D eigenvalue weighted by molar-refractivity contribution is 7.59. The van der Waals surface area contributed by atoms with Crippen LogP contribution < -0.4 is 15.5 Å². The van der Waals surface area contributed by atoms with Crippen molar-refractivity contribution in [3.05, 3.63) is 147 Å². The van der Waals surface area contributed by atoms with Crippen molar-refractivity contribution in [1.29, 1.82) is 0 Å². The van der Waals surface area contributed by atoms with Gasteiger partial charge in [0.2, 0.25) is 0 Å². The summed E-state index contributed by atoms with van der Waals surface area (Å²) in [5, 5.41) is 18.0. The molecule has 344 valence electrons. The molecule has 0 unspecified atom stereocenters. The number of halogens is 7. The molecule has 0 saturated carbocycles. The van der Waals surface area contributed by atoms with Gasteiger partial charge in [-0.2, -0.15) is 63.5 Å². The Labute approximate surface area is 387 Å². The fourth-order valence-electron chi connectivity index (χ4n) is 7.14. The number of aryl methyl sites for hydroxylation is 1. The Bertz CT molecular complexity index is 2680. The number of pyridine rings is 2. The standard InChI is InChI=1S/C23H18F4N4O.C22H18F3N5O2.2H2S/c1-14-3-4-16(11-28-14)5-6-17-12-29-31-15(2)13-30(22(32)21(17)31)19-7-8-20(23(25,26)27)18(9-19)10-24;1-13-11-29(17-5-6-18(22(23,24)25)16(8-17)12-31)21(32)20-15(10-28-30(13)20)4-2-14-3-7-19(26)27-9-14;;/h3-4,7-9,11-12,15H,10,13H2,1-2H3;3,5-10,13,31H,11-12H2,1H3,(H2,26,27);2*1H2/t15-;13-;;/m00../s1/i24-1;;;. The van der Waals surface area contributed by atoms with Crippen LogP contribution in [0, 0.1) is 30.6 Å². The minimum atomic E-state index is -4.68. The molecule has 12 nitrogen and oxygen atoms in total. The molecule has 2 aliphatic rings. The molecule has 8 rings (SSSR count). The number of hydrogen-bond acceptors (Lipinski definition) is 8. The molecule has 0 fully saturated rings. The summed E-state index contributed by atoms with van der Waals surface area (Å²) in [6.45, 7) is 3.82. The van der Waals surface area contributed by atoms with Crippen molar-refractivity contribution >= 4 is 56.0 Å². The molecule has 0 aliphatic carbocycles. The van der Waals surface area contributed by atoms with Crippen LogP contribution in [0.15, 0.2) is 85.5 Å². The van der Waals surface area contributed by atoms with E-state index in [9.17, 15) is 45.4 Å². The van der Waals surface area contributed by atoms with Crippen LogP contribution in [0.25, 0.3) is 0 Å². The number of amides is 2. The number of carbonyl (C=O) groups is 2. The second kappa shape index (κ2) is 20.1. The van der Waals surface area contributed by atoms with Crippen molar-refractivity contribution in [2.45, 2.75) is 58.5 Å². The summed E-state index contributed by atoms with van der Waals surface area (Å²) >= 11 is 0. The van der Waals surface area contributed by atoms with Crippen LogP contribution in [0.2, 0.25) is 0 Å². The minimum absolute atomic E-state index is 0. The molecule has 6 heterocycles. The fraction of sp³-hybridized carbons (Fsp3) is 0.244. The highest BCUT2D eigenvalue weighted by Crippen LogP contribution is 2.37. The molecule has 2 amide bonds. The molecule has 0 bridgehead atoms. The third kappa shape index (κ3) is 10.5. The van der Waals surface area contributed by atoms with E-state index in [1.54, 1.807) is 27.7 Å². The maximum absolute atomic E-state index is 13.3. The summed E-state index contributed by atoms with van der Waals surface area (Å²) in [5.41, 5.74) is 6.58. The lowest BCUT2D eigenvalue weighted by Crippen LogP contribution is -2.43. The zero-order valence-corrected chi connectivity index (χ0v) is 37.1. The van der Waals surface area contributed by atoms with Crippen LogP contribution in [0.3, 0.4) is 0 Å². The molecule has 6 aromatic rings. The van der Waals surface area contributed by atoms with E-state index in [-0.39, 0.29) is 80.5 Å². The normalized spacial score (nSPS) is 15.4. The number of aliphatic hydroxyl groups is 1. The van der Waals surface area contributed by atoms with E-state index in [0.29, 0.717) is 28.1 Å². The molecule has 2 aliphatic heterocycles. The summed E-state index contributed by atoms with van der Waals surface area (Å²) in [7, 11) is 0. The monoisotopic (exact) mass is 950 g/mol. The first-order valence-electron chi connectivity index (χ1n) is 19.4. The average molecular weight is 951 g/mol. The van der Waals surface area contributed by atoms with E-state index >= 15 is 0 Å². The maximum Gasteiger partial charge on any atom is 0.416 e. The fourth-order valence-corrected chi connectivity index (χ4v) is 7.14. The van der Waals surface area contributed by atoms with E-state index < -0.39 is 54.1 Å². The number of hydrogen-bond donors (Lipinski definition) is 2. The molecule has 21 heteroatoms. The van der Waals surface area contributed by atoms with E-state index in [2.05, 4.69) is 43.8 Å². The van der Waals surface area contributed by atoms with Crippen LogP contribution in [0.4, 0.5) is 47.9 Å². The summed E-state index contributed by atoms with van der Waals surface area (Å²) in [5.74, 6) is 11.2. The number of nitrogens with two attached hydrogens (primary N) is 1. The maximum atomic E-state index is 13.3. The Kier molecular flexibility index (Phi) is 15.3. The number of aliphatic hydroxyl groups excluding tert-OH is 1. The first-order chi connectivity index (χ1) is 30.4. The van der Waals surface area contributed by atoms with Gasteiger partial charge in [0, 0.05) is 53.7 Å². The van der Waals surface area contributed by atoms with Crippen LogP contribution in [-0.2, 0) is 25.6 Å². The second-order valence-corrected chi connectivity index (χ2v) is 14.9. The third-order valence-corrected chi connectivity index (χ3v) is 10.3. The molecular weight excluding hydrogens is 911 g/mol. The molecule has 0 spiro atoms. The van der Waals surface area contributed by atoms with Crippen LogP contribution >= 0.6 is 27.0 Å². The zero-order chi connectivity index (χ0) is 46.1. The molecule has 66 heavy (non-hydrogen) atoms. The quantitative estimate of drug-likeness (QED) is 0.134. The van der Waals surface area contributed by atoms with E-state index in [1.807, 2.05) is 32.9 Å². The SMILES string of the molecule is C[C@H]1CN(c2ccc(C(F)(F)F)c(CO)c2)C(=O)c2c(C#Cc3ccc(N)nc3)cnn21.Cc1ccc(C#Cc2cnn3c2C(=O)N(c2ccc(C(F)(F)F)c(C[18F])c2)C[C@@H]3C)cn1.S.S. The Hall–Kier alpha value is -6.81. The van der Waals surface area contributed by atoms with Gasteiger partial charge in [-0.25, -0.2) is 9.37 Å². The number of rotatable bonds is 4. The summed E-state index contributed by atoms with van der Waals surface area (Å²) in [6, 6.07) is 12.8. The summed E-state index contributed by atoms with van der Waals surface area (Å²) in [4.78, 5) is 37.4. The van der Waals surface area contributed by atoms with Crippen molar-refractivity contribution < 1.29 is 45.4 Å². The van der Waals surface area contributed by atoms with Gasteiger partial charge < -0.3 is 20.6 Å². The number of benzene rings is 2.